The molecule has 1 amide bonds. The van der Waals surface area contributed by atoms with Gasteiger partial charge in [0.1, 0.15) is 11.4 Å². The number of hydrogen-bond acceptors (Lipinski definition) is 5. The van der Waals surface area contributed by atoms with Gasteiger partial charge in [-0.1, -0.05) is 11.6 Å². The van der Waals surface area contributed by atoms with Crippen LogP contribution < -0.4 is 15.7 Å². The second kappa shape index (κ2) is 6.81. The molecule has 9 heteroatoms. The van der Waals surface area contributed by atoms with Crippen LogP contribution in [0.5, 0.6) is 5.75 Å². The van der Waals surface area contributed by atoms with E-state index in [0.717, 1.165) is 4.68 Å². The first-order chi connectivity index (χ1) is 11.5. The summed E-state index contributed by atoms with van der Waals surface area (Å²) in [7, 11) is 0. The van der Waals surface area contributed by atoms with Gasteiger partial charge in [0.05, 0.1) is 5.39 Å². The molecule has 24 heavy (non-hydrogen) atoms. The Morgan fingerprint density at radius 2 is 2.08 bits per heavy atom. The van der Waals surface area contributed by atoms with E-state index in [4.69, 9.17) is 28.6 Å². The number of benzene rings is 1. The first kappa shape index (κ1) is 16.2. The highest BCUT2D eigenvalue weighted by molar-refractivity contribution is 7.71. The number of carbonyl (C=O) groups excluding carboxylic acids is 1. The summed E-state index contributed by atoms with van der Waals surface area (Å²) < 4.78 is 6.30. The van der Waals surface area contributed by atoms with Crippen molar-refractivity contribution in [1.29, 1.82) is 0 Å². The van der Waals surface area contributed by atoms with E-state index >= 15 is 0 Å². The van der Waals surface area contributed by atoms with Gasteiger partial charge in [-0.05, 0) is 48.6 Å². The zero-order chi connectivity index (χ0) is 17.1. The van der Waals surface area contributed by atoms with E-state index in [1.54, 1.807) is 36.4 Å². The summed E-state index contributed by atoms with van der Waals surface area (Å²) in [6, 6.07) is 9.77. The van der Waals surface area contributed by atoms with Gasteiger partial charge in [-0.15, -0.1) is 0 Å². The molecule has 0 saturated carbocycles. The van der Waals surface area contributed by atoms with E-state index in [9.17, 15) is 9.59 Å². The van der Waals surface area contributed by atoms with Crippen LogP contribution in [0.4, 0.5) is 0 Å². The molecule has 0 aliphatic rings. The summed E-state index contributed by atoms with van der Waals surface area (Å²) >= 11 is 10.8. The van der Waals surface area contributed by atoms with Crippen molar-refractivity contribution in [2.75, 3.05) is 12.0 Å². The number of H-pyrrole nitrogens is 1. The minimum atomic E-state index is -0.533. The highest BCUT2D eigenvalue weighted by Crippen LogP contribution is 2.15. The van der Waals surface area contributed by atoms with Crippen LogP contribution in [-0.4, -0.2) is 27.2 Å². The van der Waals surface area contributed by atoms with Crippen LogP contribution in [0, 0.1) is 4.77 Å². The van der Waals surface area contributed by atoms with Gasteiger partial charge in [-0.2, -0.15) is 4.68 Å². The van der Waals surface area contributed by atoms with Gasteiger partial charge >= 0.3 is 0 Å². The summed E-state index contributed by atoms with van der Waals surface area (Å²) in [6.07, 6.45) is 1.54. The van der Waals surface area contributed by atoms with Gasteiger partial charge in [0.25, 0.3) is 11.5 Å². The fourth-order valence-corrected chi connectivity index (χ4v) is 2.34. The number of hydrogen-bond donors (Lipinski definition) is 2. The topological polar surface area (TPSA) is 89.0 Å². The lowest BCUT2D eigenvalue weighted by Crippen LogP contribution is -2.36. The van der Waals surface area contributed by atoms with E-state index in [2.05, 4.69) is 15.4 Å². The predicted octanol–water partition coefficient (Wildman–Crippen LogP) is 2.26. The number of pyridine rings is 1. The van der Waals surface area contributed by atoms with E-state index < -0.39 is 11.5 Å². The van der Waals surface area contributed by atoms with E-state index in [-0.39, 0.29) is 11.4 Å². The number of amides is 1. The average molecular weight is 363 g/mol. The maximum atomic E-state index is 12.4. The molecule has 2 aromatic heterocycles. The molecular formula is C15H11ClN4O3S. The number of rotatable bonds is 4. The van der Waals surface area contributed by atoms with Crippen molar-refractivity contribution in [2.24, 2.45) is 0 Å². The fraction of sp³-hybridized carbons (Fsp3) is 0.0667. The smallest absolute Gasteiger partial charge is 0.282 e. The number of nitrogens with one attached hydrogen (secondary N) is 2. The molecular weight excluding hydrogens is 352 g/mol. The quantitative estimate of drug-likeness (QED) is 0.695. The number of carbonyl (C=O) groups is 1. The SMILES string of the molecule is O=C(COc1ccc(Cl)cc1)Nn1c(=S)[nH]c2ncccc2c1=O. The molecule has 0 saturated heterocycles. The number of halogens is 1. The summed E-state index contributed by atoms with van der Waals surface area (Å²) in [6.45, 7) is -0.284. The van der Waals surface area contributed by atoms with E-state index in [1.165, 1.54) is 6.20 Å². The Hall–Kier alpha value is -2.71. The third-order valence-corrected chi connectivity index (χ3v) is 3.63. The summed E-state index contributed by atoms with van der Waals surface area (Å²) in [5.74, 6) is -0.0513. The highest BCUT2D eigenvalue weighted by atomic mass is 35.5. The second-order valence-electron chi connectivity index (χ2n) is 4.75. The van der Waals surface area contributed by atoms with Crippen molar-refractivity contribution in [3.63, 3.8) is 0 Å². The van der Waals surface area contributed by atoms with Gasteiger partial charge in [0, 0.05) is 11.2 Å². The molecule has 0 spiro atoms. The van der Waals surface area contributed by atoms with Crippen molar-refractivity contribution in [2.45, 2.75) is 0 Å². The lowest BCUT2D eigenvalue weighted by Gasteiger charge is -2.10. The number of fused-ring (bicyclic) bond motifs is 1. The Labute approximate surface area is 145 Å². The van der Waals surface area contributed by atoms with Crippen molar-refractivity contribution in [3.05, 3.63) is 62.7 Å². The molecule has 0 bridgehead atoms. The highest BCUT2D eigenvalue weighted by Gasteiger charge is 2.09. The van der Waals surface area contributed by atoms with Crippen molar-refractivity contribution >= 4 is 40.8 Å². The zero-order valence-corrected chi connectivity index (χ0v) is 13.7. The zero-order valence-electron chi connectivity index (χ0n) is 12.2. The Morgan fingerprint density at radius 1 is 1.33 bits per heavy atom. The molecule has 1 aromatic carbocycles. The van der Waals surface area contributed by atoms with Crippen molar-refractivity contribution in [3.8, 4) is 5.75 Å². The summed E-state index contributed by atoms with van der Waals surface area (Å²) in [5, 5.41) is 0.874. The first-order valence-corrected chi connectivity index (χ1v) is 7.61. The van der Waals surface area contributed by atoms with Crippen LogP contribution in [0.25, 0.3) is 11.0 Å². The molecule has 3 aromatic rings. The molecule has 0 aliphatic heterocycles. The summed E-state index contributed by atoms with van der Waals surface area (Å²) in [5.41, 5.74) is 2.29. The molecule has 122 valence electrons. The van der Waals surface area contributed by atoms with Gasteiger partial charge in [0.15, 0.2) is 6.61 Å². The molecule has 0 atom stereocenters. The first-order valence-electron chi connectivity index (χ1n) is 6.83. The second-order valence-corrected chi connectivity index (χ2v) is 5.57. The minimum Gasteiger partial charge on any atom is -0.484 e. The Balaban J connectivity index is 1.77. The molecule has 0 radical (unpaired) electrons. The normalized spacial score (nSPS) is 10.5. The van der Waals surface area contributed by atoms with E-state index in [0.29, 0.717) is 21.8 Å². The summed E-state index contributed by atoms with van der Waals surface area (Å²) in [4.78, 5) is 31.2. The van der Waals surface area contributed by atoms with E-state index in [1.807, 2.05) is 0 Å². The van der Waals surface area contributed by atoms with Gasteiger partial charge < -0.3 is 9.72 Å². The Kier molecular flexibility index (Phi) is 4.59. The largest absolute Gasteiger partial charge is 0.484 e. The number of nitrogens with zero attached hydrogens (tertiary/aromatic N) is 2. The molecule has 7 nitrogen and oxygen atoms in total. The number of ether oxygens (including phenoxy) is 1. The standard InChI is InChI=1S/C15H11ClN4O3S/c16-9-3-5-10(6-4-9)23-8-12(21)19-20-14(22)11-2-1-7-17-13(11)18-15(20)24/h1-7H,8H2,(H,19,21)(H,17,18,24). The fourth-order valence-electron chi connectivity index (χ4n) is 1.99. The molecule has 2 heterocycles. The molecule has 0 fully saturated rings. The lowest BCUT2D eigenvalue weighted by molar-refractivity contribution is -0.119. The van der Waals surface area contributed by atoms with Gasteiger partial charge in [-0.3, -0.25) is 15.0 Å². The van der Waals surface area contributed by atoms with Crippen LogP contribution in [0.15, 0.2) is 47.4 Å². The maximum Gasteiger partial charge on any atom is 0.282 e. The lowest BCUT2D eigenvalue weighted by atomic mass is 10.3. The van der Waals surface area contributed by atoms with Crippen LogP contribution in [-0.2, 0) is 4.79 Å². The molecule has 2 N–H and O–H groups in total. The monoisotopic (exact) mass is 362 g/mol. The van der Waals surface area contributed by atoms with Crippen LogP contribution in [0.1, 0.15) is 0 Å². The Morgan fingerprint density at radius 3 is 2.83 bits per heavy atom. The predicted molar refractivity (Wildman–Crippen MR) is 92.5 cm³/mol. The van der Waals surface area contributed by atoms with Crippen LogP contribution >= 0.6 is 23.8 Å². The average Bonchev–Trinajstić information content (AvgIpc) is 2.58. The van der Waals surface area contributed by atoms with Crippen LogP contribution in [0.2, 0.25) is 5.02 Å². The third-order valence-electron chi connectivity index (χ3n) is 3.09. The number of aromatic nitrogens is 3. The molecule has 3 rings (SSSR count). The van der Waals surface area contributed by atoms with Crippen molar-refractivity contribution in [1.82, 2.24) is 14.6 Å². The molecule has 0 aliphatic carbocycles. The van der Waals surface area contributed by atoms with Gasteiger partial charge in [-0.25, -0.2) is 4.98 Å². The Bertz CT molecular complexity index is 1010. The van der Waals surface area contributed by atoms with Crippen molar-refractivity contribution < 1.29 is 9.53 Å². The van der Waals surface area contributed by atoms with Gasteiger partial charge in [0.2, 0.25) is 4.77 Å². The maximum absolute atomic E-state index is 12.4. The minimum absolute atomic E-state index is 0.0334. The van der Waals surface area contributed by atoms with Crippen LogP contribution in [0.3, 0.4) is 0 Å². The molecule has 0 unspecified atom stereocenters. The number of aromatic amines is 1. The third kappa shape index (κ3) is 3.44.